The van der Waals surface area contributed by atoms with Gasteiger partial charge in [0.2, 0.25) is 0 Å². The Balaban J connectivity index is 1.99. The molecule has 0 fully saturated rings. The Hall–Kier alpha value is -2.71. The van der Waals surface area contributed by atoms with Crippen molar-refractivity contribution in [3.63, 3.8) is 0 Å². The number of anilines is 1. The van der Waals surface area contributed by atoms with Crippen LogP contribution in [0.25, 0.3) is 10.9 Å². The fraction of sp³-hybridized carbons (Fsp3) is 0.318. The van der Waals surface area contributed by atoms with Gasteiger partial charge >= 0.3 is 6.03 Å². The van der Waals surface area contributed by atoms with Gasteiger partial charge in [-0.05, 0) is 44.2 Å². The van der Waals surface area contributed by atoms with Gasteiger partial charge in [0.15, 0.2) is 0 Å². The summed E-state index contributed by atoms with van der Waals surface area (Å²) in [5, 5.41) is 3.48. The van der Waals surface area contributed by atoms with Crippen LogP contribution in [0.5, 0.6) is 0 Å². The molecule has 3 aromatic rings. The van der Waals surface area contributed by atoms with Crippen LogP contribution in [0.4, 0.5) is 10.5 Å². The van der Waals surface area contributed by atoms with Crippen molar-refractivity contribution in [2.75, 3.05) is 25.6 Å². The fourth-order valence-corrected chi connectivity index (χ4v) is 3.77. The Morgan fingerprint density at radius 3 is 2.73 bits per heavy atom. The second kappa shape index (κ2) is 9.86. The molecule has 1 N–H and O–H groups in total. The lowest BCUT2D eigenvalue weighted by Gasteiger charge is -2.30. The van der Waals surface area contributed by atoms with E-state index in [0.717, 1.165) is 4.47 Å². The van der Waals surface area contributed by atoms with Crippen LogP contribution < -0.4 is 10.9 Å². The van der Waals surface area contributed by atoms with Crippen LogP contribution in [0.1, 0.15) is 25.7 Å². The van der Waals surface area contributed by atoms with Crippen LogP contribution in [0.2, 0.25) is 0 Å². The number of fused-ring (bicyclic) bond motifs is 1. The third-order valence-corrected chi connectivity index (χ3v) is 5.41. The number of carbonyl (C=O) groups is 1. The van der Waals surface area contributed by atoms with Crippen LogP contribution >= 0.6 is 15.9 Å². The number of hydrogen-bond acceptors (Lipinski definition) is 4. The molecule has 0 aliphatic rings. The van der Waals surface area contributed by atoms with E-state index < -0.39 is 6.04 Å². The van der Waals surface area contributed by atoms with E-state index in [4.69, 9.17) is 9.72 Å². The quantitative estimate of drug-likeness (QED) is 0.551. The zero-order chi connectivity index (χ0) is 21.7. The van der Waals surface area contributed by atoms with Gasteiger partial charge in [0.05, 0.1) is 23.6 Å². The highest BCUT2D eigenvalue weighted by atomic mass is 79.9. The van der Waals surface area contributed by atoms with E-state index in [-0.39, 0.29) is 11.6 Å². The normalized spacial score (nSPS) is 12.0. The monoisotopic (exact) mass is 472 g/mol. The van der Waals surface area contributed by atoms with Crippen molar-refractivity contribution in [2.45, 2.75) is 26.4 Å². The third kappa shape index (κ3) is 4.71. The van der Waals surface area contributed by atoms with Gasteiger partial charge in [-0.1, -0.05) is 34.1 Å². The first-order valence-electron chi connectivity index (χ1n) is 9.77. The standard InChI is InChI=1S/C22H25BrN4O3/c1-4-26-20(25-19-11-6-5-10-18(19)21(26)28)15(2)27(12-13-30-3)22(29)24-17-9-7-8-16(23)14-17/h5-11,14-15H,4,12-13H2,1-3H3,(H,24,29). The number of benzene rings is 2. The van der Waals surface area contributed by atoms with Crippen molar-refractivity contribution in [1.82, 2.24) is 14.5 Å². The van der Waals surface area contributed by atoms with Gasteiger partial charge < -0.3 is 15.0 Å². The largest absolute Gasteiger partial charge is 0.383 e. The summed E-state index contributed by atoms with van der Waals surface area (Å²) >= 11 is 3.41. The molecule has 0 aliphatic heterocycles. The number of urea groups is 1. The molecule has 0 bridgehead atoms. The molecule has 2 aromatic carbocycles. The number of nitrogens with zero attached hydrogens (tertiary/aromatic N) is 3. The second-order valence-corrected chi connectivity index (χ2v) is 7.75. The number of rotatable bonds is 7. The molecule has 1 unspecified atom stereocenters. The molecule has 0 radical (unpaired) electrons. The smallest absolute Gasteiger partial charge is 0.322 e. The first kappa shape index (κ1) is 22.0. The lowest BCUT2D eigenvalue weighted by Crippen LogP contribution is -2.41. The molecule has 158 valence electrons. The predicted octanol–water partition coefficient (Wildman–Crippen LogP) is 4.42. The zero-order valence-electron chi connectivity index (χ0n) is 17.3. The van der Waals surface area contributed by atoms with E-state index in [1.165, 1.54) is 0 Å². The minimum Gasteiger partial charge on any atom is -0.383 e. The number of para-hydroxylation sites is 1. The van der Waals surface area contributed by atoms with Crippen LogP contribution in [0.3, 0.4) is 0 Å². The summed E-state index contributed by atoms with van der Waals surface area (Å²) in [6.07, 6.45) is 0. The maximum Gasteiger partial charge on any atom is 0.322 e. The van der Waals surface area contributed by atoms with E-state index in [2.05, 4.69) is 21.2 Å². The lowest BCUT2D eigenvalue weighted by molar-refractivity contribution is 0.136. The molecule has 0 saturated carbocycles. The summed E-state index contributed by atoms with van der Waals surface area (Å²) in [6.45, 7) is 4.94. The predicted molar refractivity (Wildman–Crippen MR) is 122 cm³/mol. The Morgan fingerprint density at radius 2 is 2.03 bits per heavy atom. The molecule has 1 atom stereocenters. The molecule has 0 aliphatic carbocycles. The lowest BCUT2D eigenvalue weighted by atomic mass is 10.2. The number of aromatic nitrogens is 2. The first-order valence-corrected chi connectivity index (χ1v) is 10.6. The van der Waals surface area contributed by atoms with Gasteiger partial charge in [-0.2, -0.15) is 0 Å². The third-order valence-electron chi connectivity index (χ3n) is 4.92. The van der Waals surface area contributed by atoms with Gasteiger partial charge in [0.1, 0.15) is 5.82 Å². The van der Waals surface area contributed by atoms with Crippen molar-refractivity contribution in [3.8, 4) is 0 Å². The summed E-state index contributed by atoms with van der Waals surface area (Å²) in [6, 6.07) is 13.9. The number of amides is 2. The average Bonchev–Trinajstić information content (AvgIpc) is 2.74. The topological polar surface area (TPSA) is 76.5 Å². The number of halogens is 1. The maximum atomic E-state index is 13.1. The Kier molecular flexibility index (Phi) is 7.23. The van der Waals surface area contributed by atoms with E-state index in [0.29, 0.717) is 42.1 Å². The van der Waals surface area contributed by atoms with E-state index in [9.17, 15) is 9.59 Å². The summed E-state index contributed by atoms with van der Waals surface area (Å²) in [7, 11) is 1.59. The Morgan fingerprint density at radius 1 is 1.27 bits per heavy atom. The van der Waals surface area contributed by atoms with Gasteiger partial charge in [-0.25, -0.2) is 9.78 Å². The fourth-order valence-electron chi connectivity index (χ4n) is 3.37. The molecule has 2 amide bonds. The molecular formula is C22H25BrN4O3. The highest BCUT2D eigenvalue weighted by Crippen LogP contribution is 2.22. The van der Waals surface area contributed by atoms with Gasteiger partial charge in [-0.15, -0.1) is 0 Å². The molecule has 1 heterocycles. The summed E-state index contributed by atoms with van der Waals surface area (Å²) in [5.74, 6) is 0.543. The van der Waals surface area contributed by atoms with Gasteiger partial charge in [0, 0.05) is 30.4 Å². The average molecular weight is 473 g/mol. The van der Waals surface area contributed by atoms with Crippen LogP contribution in [-0.4, -0.2) is 40.7 Å². The Bertz CT molecular complexity index is 1100. The van der Waals surface area contributed by atoms with E-state index in [1.54, 1.807) is 22.6 Å². The molecule has 3 rings (SSSR count). The molecule has 1 aromatic heterocycles. The molecule has 0 spiro atoms. The second-order valence-electron chi connectivity index (χ2n) is 6.84. The summed E-state index contributed by atoms with van der Waals surface area (Å²) in [5.41, 5.74) is 1.18. The minimum atomic E-state index is -0.440. The molecule has 8 heteroatoms. The first-order chi connectivity index (χ1) is 14.5. The number of carbonyl (C=O) groups excluding carboxylic acids is 1. The number of methoxy groups -OCH3 is 1. The van der Waals surface area contributed by atoms with Gasteiger partial charge in [0.25, 0.3) is 5.56 Å². The van der Waals surface area contributed by atoms with Crippen LogP contribution in [-0.2, 0) is 11.3 Å². The van der Waals surface area contributed by atoms with Crippen molar-refractivity contribution < 1.29 is 9.53 Å². The summed E-state index contributed by atoms with van der Waals surface area (Å²) < 4.78 is 7.70. The van der Waals surface area contributed by atoms with Crippen LogP contribution in [0.15, 0.2) is 57.8 Å². The van der Waals surface area contributed by atoms with E-state index in [1.807, 2.05) is 56.3 Å². The molecular weight excluding hydrogens is 448 g/mol. The van der Waals surface area contributed by atoms with Crippen LogP contribution in [0, 0.1) is 0 Å². The number of ether oxygens (including phenoxy) is 1. The highest BCUT2D eigenvalue weighted by Gasteiger charge is 2.26. The molecule has 7 nitrogen and oxygen atoms in total. The van der Waals surface area contributed by atoms with Crippen molar-refractivity contribution >= 4 is 38.6 Å². The minimum absolute atomic E-state index is 0.107. The van der Waals surface area contributed by atoms with Crippen molar-refractivity contribution in [3.05, 3.63) is 69.2 Å². The zero-order valence-corrected chi connectivity index (χ0v) is 18.8. The molecule has 30 heavy (non-hydrogen) atoms. The Labute approximate surface area is 183 Å². The van der Waals surface area contributed by atoms with Crippen molar-refractivity contribution in [2.24, 2.45) is 0 Å². The number of hydrogen-bond donors (Lipinski definition) is 1. The number of nitrogens with one attached hydrogen (secondary N) is 1. The molecule has 0 saturated heterocycles. The van der Waals surface area contributed by atoms with Crippen molar-refractivity contribution in [1.29, 1.82) is 0 Å². The van der Waals surface area contributed by atoms with Gasteiger partial charge in [-0.3, -0.25) is 9.36 Å². The maximum absolute atomic E-state index is 13.1. The SMILES string of the molecule is CCn1c(C(C)N(CCOC)C(=O)Nc2cccc(Br)c2)nc2ccccc2c1=O. The summed E-state index contributed by atoms with van der Waals surface area (Å²) in [4.78, 5) is 32.5. The highest BCUT2D eigenvalue weighted by molar-refractivity contribution is 9.10. The van der Waals surface area contributed by atoms with E-state index >= 15 is 0 Å².